The van der Waals surface area contributed by atoms with E-state index in [0.717, 1.165) is 5.65 Å². The Morgan fingerprint density at radius 2 is 2.27 bits per heavy atom. The topological polar surface area (TPSA) is 30.2 Å². The SMILES string of the molecule is [CH2]c1cn2nc(Cl)ccc2n1. The molecule has 55 valence electrons. The number of imidazole rings is 1. The second-order valence-electron chi connectivity index (χ2n) is 2.19. The Labute approximate surface area is 68.6 Å². The maximum Gasteiger partial charge on any atom is 0.153 e. The van der Waals surface area contributed by atoms with Crippen molar-refractivity contribution in [3.05, 3.63) is 36.1 Å². The smallest absolute Gasteiger partial charge is 0.153 e. The van der Waals surface area contributed by atoms with E-state index in [1.807, 2.05) is 0 Å². The standard InChI is InChI=1S/C7H5ClN3/c1-5-4-11-7(9-5)3-2-6(8)10-11/h2-4H,1H2. The minimum Gasteiger partial charge on any atom is -0.232 e. The highest BCUT2D eigenvalue weighted by Crippen LogP contribution is 2.06. The average Bonchev–Trinajstić information content (AvgIpc) is 2.27. The van der Waals surface area contributed by atoms with Crippen LogP contribution in [0.2, 0.25) is 5.15 Å². The first-order valence-corrected chi connectivity index (χ1v) is 3.47. The van der Waals surface area contributed by atoms with E-state index in [1.165, 1.54) is 0 Å². The van der Waals surface area contributed by atoms with E-state index in [0.29, 0.717) is 10.8 Å². The lowest BCUT2D eigenvalue weighted by Gasteiger charge is -1.89. The first-order valence-electron chi connectivity index (χ1n) is 3.09. The predicted octanol–water partition coefficient (Wildman–Crippen LogP) is 1.56. The Balaban J connectivity index is 2.82. The van der Waals surface area contributed by atoms with Crippen molar-refractivity contribution in [2.24, 2.45) is 0 Å². The van der Waals surface area contributed by atoms with Gasteiger partial charge in [-0.1, -0.05) is 11.6 Å². The molecule has 2 rings (SSSR count). The summed E-state index contributed by atoms with van der Waals surface area (Å²) < 4.78 is 1.60. The number of hydrogen-bond acceptors (Lipinski definition) is 2. The Bertz CT molecular complexity index is 393. The monoisotopic (exact) mass is 166 g/mol. The Kier molecular flexibility index (Phi) is 1.32. The van der Waals surface area contributed by atoms with Crippen LogP contribution in [-0.2, 0) is 0 Å². The molecule has 2 aromatic rings. The molecule has 2 heterocycles. The molecule has 0 spiro atoms. The summed E-state index contributed by atoms with van der Waals surface area (Å²) in [5, 5.41) is 4.43. The molecule has 2 aromatic heterocycles. The van der Waals surface area contributed by atoms with Crippen molar-refractivity contribution in [3.8, 4) is 0 Å². The zero-order valence-corrected chi connectivity index (χ0v) is 6.41. The van der Waals surface area contributed by atoms with Gasteiger partial charge in [0.05, 0.1) is 11.9 Å². The van der Waals surface area contributed by atoms with Gasteiger partial charge in [-0.3, -0.25) is 0 Å². The van der Waals surface area contributed by atoms with Gasteiger partial charge in [-0.2, -0.15) is 5.10 Å². The molecular formula is C7H5ClN3. The van der Waals surface area contributed by atoms with E-state index < -0.39 is 0 Å². The number of fused-ring (bicyclic) bond motifs is 1. The summed E-state index contributed by atoms with van der Waals surface area (Å²) in [6.07, 6.45) is 1.72. The number of hydrogen-bond donors (Lipinski definition) is 0. The van der Waals surface area contributed by atoms with Gasteiger partial charge in [0.15, 0.2) is 5.65 Å². The third-order valence-electron chi connectivity index (χ3n) is 1.34. The molecule has 0 aliphatic heterocycles. The Morgan fingerprint density at radius 3 is 3.09 bits per heavy atom. The molecule has 0 unspecified atom stereocenters. The first kappa shape index (κ1) is 6.61. The van der Waals surface area contributed by atoms with Crippen LogP contribution in [-0.4, -0.2) is 14.6 Å². The van der Waals surface area contributed by atoms with Crippen molar-refractivity contribution in [2.75, 3.05) is 0 Å². The predicted molar refractivity (Wildman–Crippen MR) is 42.5 cm³/mol. The molecule has 0 saturated carbocycles. The molecule has 0 N–H and O–H groups in total. The van der Waals surface area contributed by atoms with E-state index in [-0.39, 0.29) is 0 Å². The first-order chi connectivity index (χ1) is 5.25. The quantitative estimate of drug-likeness (QED) is 0.595. The molecule has 4 heteroatoms. The fourth-order valence-electron chi connectivity index (χ4n) is 0.908. The number of aromatic nitrogens is 3. The van der Waals surface area contributed by atoms with Crippen LogP contribution in [0.5, 0.6) is 0 Å². The Morgan fingerprint density at radius 1 is 1.45 bits per heavy atom. The molecule has 0 fully saturated rings. The molecule has 0 aliphatic rings. The van der Waals surface area contributed by atoms with Crippen molar-refractivity contribution in [1.82, 2.24) is 14.6 Å². The summed E-state index contributed by atoms with van der Waals surface area (Å²) in [6, 6.07) is 3.49. The van der Waals surface area contributed by atoms with Gasteiger partial charge in [-0.25, -0.2) is 9.50 Å². The van der Waals surface area contributed by atoms with Gasteiger partial charge in [0, 0.05) is 0 Å². The summed E-state index contributed by atoms with van der Waals surface area (Å²) >= 11 is 5.65. The molecule has 0 atom stereocenters. The van der Waals surface area contributed by atoms with E-state index in [1.54, 1.807) is 22.8 Å². The van der Waals surface area contributed by atoms with E-state index in [2.05, 4.69) is 17.0 Å². The summed E-state index contributed by atoms with van der Waals surface area (Å²) in [5.41, 5.74) is 1.46. The summed E-state index contributed by atoms with van der Waals surface area (Å²) in [4.78, 5) is 4.08. The van der Waals surface area contributed by atoms with Crippen LogP contribution < -0.4 is 0 Å². The van der Waals surface area contributed by atoms with Crippen molar-refractivity contribution < 1.29 is 0 Å². The third kappa shape index (κ3) is 1.07. The molecule has 3 nitrogen and oxygen atoms in total. The van der Waals surface area contributed by atoms with Gasteiger partial charge in [0.1, 0.15) is 5.15 Å². The van der Waals surface area contributed by atoms with Gasteiger partial charge in [-0.15, -0.1) is 0 Å². The zero-order valence-electron chi connectivity index (χ0n) is 5.66. The van der Waals surface area contributed by atoms with Crippen LogP contribution in [0.25, 0.3) is 5.65 Å². The molecule has 0 amide bonds. The van der Waals surface area contributed by atoms with Crippen molar-refractivity contribution in [3.63, 3.8) is 0 Å². The second-order valence-corrected chi connectivity index (χ2v) is 2.58. The van der Waals surface area contributed by atoms with Gasteiger partial charge in [-0.05, 0) is 19.1 Å². The molecule has 0 saturated heterocycles. The van der Waals surface area contributed by atoms with E-state index >= 15 is 0 Å². The minimum absolute atomic E-state index is 0.454. The highest BCUT2D eigenvalue weighted by atomic mass is 35.5. The maximum absolute atomic E-state index is 5.65. The maximum atomic E-state index is 5.65. The highest BCUT2D eigenvalue weighted by molar-refractivity contribution is 6.29. The van der Waals surface area contributed by atoms with Crippen LogP contribution in [0.3, 0.4) is 0 Å². The fourth-order valence-corrected chi connectivity index (χ4v) is 1.05. The van der Waals surface area contributed by atoms with Crippen LogP contribution in [0.15, 0.2) is 18.3 Å². The largest absolute Gasteiger partial charge is 0.232 e. The summed E-state index contributed by atoms with van der Waals surface area (Å²) in [6.45, 7) is 3.67. The van der Waals surface area contributed by atoms with Crippen LogP contribution in [0.1, 0.15) is 5.69 Å². The number of rotatable bonds is 0. The second kappa shape index (κ2) is 2.20. The zero-order chi connectivity index (χ0) is 7.84. The minimum atomic E-state index is 0.454. The Hall–Kier alpha value is -1.09. The van der Waals surface area contributed by atoms with Gasteiger partial charge in [0.25, 0.3) is 0 Å². The molecule has 0 bridgehead atoms. The van der Waals surface area contributed by atoms with Crippen LogP contribution >= 0.6 is 11.6 Å². The lowest BCUT2D eigenvalue weighted by atomic mass is 10.6. The normalized spacial score (nSPS) is 10.7. The summed E-state index contributed by atoms with van der Waals surface area (Å²) in [5.74, 6) is 0. The van der Waals surface area contributed by atoms with Crippen molar-refractivity contribution in [1.29, 1.82) is 0 Å². The number of halogens is 1. The highest BCUT2D eigenvalue weighted by Gasteiger charge is 1.97. The fraction of sp³-hybridized carbons (Fsp3) is 0. The lowest BCUT2D eigenvalue weighted by Crippen LogP contribution is -1.88. The van der Waals surface area contributed by atoms with Gasteiger partial charge >= 0.3 is 0 Å². The molecule has 0 aliphatic carbocycles. The summed E-state index contributed by atoms with van der Waals surface area (Å²) in [7, 11) is 0. The molecular weight excluding hydrogens is 162 g/mol. The average molecular weight is 167 g/mol. The number of nitrogens with zero attached hydrogens (tertiary/aromatic N) is 3. The van der Waals surface area contributed by atoms with Crippen molar-refractivity contribution in [2.45, 2.75) is 0 Å². The lowest BCUT2D eigenvalue weighted by molar-refractivity contribution is 0.936. The van der Waals surface area contributed by atoms with Crippen molar-refractivity contribution >= 4 is 17.2 Å². The van der Waals surface area contributed by atoms with Gasteiger partial charge in [0.2, 0.25) is 0 Å². The van der Waals surface area contributed by atoms with E-state index in [4.69, 9.17) is 11.6 Å². The van der Waals surface area contributed by atoms with Crippen LogP contribution in [0.4, 0.5) is 0 Å². The molecule has 11 heavy (non-hydrogen) atoms. The third-order valence-corrected chi connectivity index (χ3v) is 1.54. The van der Waals surface area contributed by atoms with Crippen LogP contribution in [0, 0.1) is 6.92 Å². The molecule has 0 aromatic carbocycles. The molecule has 1 radical (unpaired) electrons. The van der Waals surface area contributed by atoms with Gasteiger partial charge < -0.3 is 0 Å². The van der Waals surface area contributed by atoms with E-state index in [9.17, 15) is 0 Å².